The second-order valence-electron chi connectivity index (χ2n) is 1.98. The fraction of sp³-hybridized carbons (Fsp3) is 1.00. The van der Waals surface area contributed by atoms with Crippen molar-refractivity contribution < 1.29 is 0 Å². The summed E-state index contributed by atoms with van der Waals surface area (Å²) in [5.74, 6) is 2.65. The van der Waals surface area contributed by atoms with Crippen molar-refractivity contribution >= 4 is 60.9 Å². The van der Waals surface area contributed by atoms with Gasteiger partial charge in [-0.1, -0.05) is 28.0 Å². The summed E-state index contributed by atoms with van der Waals surface area (Å²) in [6, 6.07) is 0. The number of hydrogen-bond donors (Lipinski definition) is 0. The van der Waals surface area contributed by atoms with Gasteiger partial charge in [-0.25, -0.2) is 0 Å². The Balaban J connectivity index is 2.02. The first-order chi connectivity index (χ1) is 5.50. The van der Waals surface area contributed by atoms with Crippen molar-refractivity contribution in [3.05, 3.63) is 0 Å². The highest BCUT2D eigenvalue weighted by Crippen LogP contribution is 2.52. The highest BCUT2D eigenvalue weighted by molar-refractivity contribution is 9.41. The molecular formula is C5H10S6. The van der Waals surface area contributed by atoms with Gasteiger partial charge >= 0.3 is 0 Å². The molecule has 1 aliphatic rings. The highest BCUT2D eigenvalue weighted by Gasteiger charge is 1.98. The molecule has 0 spiro atoms. The molecule has 0 unspecified atom stereocenters. The molecule has 0 radical (unpaired) electrons. The molecule has 0 amide bonds. The zero-order valence-corrected chi connectivity index (χ0v) is 10.9. The molecule has 1 aliphatic heterocycles. The zero-order chi connectivity index (χ0) is 7.78. The predicted octanol–water partition coefficient (Wildman–Crippen LogP) is 5.14. The summed E-state index contributed by atoms with van der Waals surface area (Å²) in [5.41, 5.74) is 0. The van der Waals surface area contributed by atoms with Crippen LogP contribution in [0.5, 0.6) is 0 Å². The van der Waals surface area contributed by atoms with Gasteiger partial charge < -0.3 is 0 Å². The summed E-state index contributed by atoms with van der Waals surface area (Å²) in [6.07, 6.45) is 4.21. The van der Waals surface area contributed by atoms with E-state index in [1.807, 2.05) is 60.9 Å². The largest absolute Gasteiger partial charge is 0.0817 e. The minimum Gasteiger partial charge on any atom is -0.0817 e. The lowest BCUT2D eigenvalue weighted by molar-refractivity contribution is 0.788. The molecule has 0 saturated carbocycles. The Kier molecular flexibility index (Phi) is 8.83. The molecule has 0 aromatic rings. The molecule has 11 heavy (non-hydrogen) atoms. The van der Waals surface area contributed by atoms with Gasteiger partial charge in [0.2, 0.25) is 0 Å². The van der Waals surface area contributed by atoms with Crippen molar-refractivity contribution in [3.8, 4) is 0 Å². The second-order valence-corrected chi connectivity index (χ2v) is 11.8. The van der Waals surface area contributed by atoms with E-state index in [0.29, 0.717) is 0 Å². The maximum Gasteiger partial charge on any atom is 0.00454 e. The topological polar surface area (TPSA) is 0 Å². The van der Waals surface area contributed by atoms with E-state index < -0.39 is 0 Å². The average Bonchev–Trinajstić information content (AvgIpc) is 2.08. The SMILES string of the molecule is C1CCSSSSSSCC1. The third-order valence-electron chi connectivity index (χ3n) is 1.13. The summed E-state index contributed by atoms with van der Waals surface area (Å²) in [5, 5.41) is 0. The molecule has 1 rings (SSSR count). The summed E-state index contributed by atoms with van der Waals surface area (Å²) >= 11 is 0. The Morgan fingerprint density at radius 2 is 1.09 bits per heavy atom. The van der Waals surface area contributed by atoms with Crippen molar-refractivity contribution in [1.82, 2.24) is 0 Å². The van der Waals surface area contributed by atoms with Crippen LogP contribution in [0.15, 0.2) is 0 Å². The molecule has 0 aromatic heterocycles. The summed E-state index contributed by atoms with van der Waals surface area (Å²) in [7, 11) is 11.6. The lowest BCUT2D eigenvalue weighted by atomic mass is 10.3. The molecule has 0 nitrogen and oxygen atoms in total. The highest BCUT2D eigenvalue weighted by atomic mass is 33.9. The molecule has 0 atom stereocenters. The minimum absolute atomic E-state index is 1.33. The van der Waals surface area contributed by atoms with E-state index in [4.69, 9.17) is 0 Å². The van der Waals surface area contributed by atoms with Crippen molar-refractivity contribution in [1.29, 1.82) is 0 Å². The minimum atomic E-state index is 1.33. The maximum absolute atomic E-state index is 2.00. The molecule has 1 saturated heterocycles. The van der Waals surface area contributed by atoms with E-state index in [9.17, 15) is 0 Å². The summed E-state index contributed by atoms with van der Waals surface area (Å²) < 4.78 is 0. The van der Waals surface area contributed by atoms with Crippen LogP contribution in [0.2, 0.25) is 0 Å². The van der Waals surface area contributed by atoms with E-state index in [1.54, 1.807) is 0 Å². The van der Waals surface area contributed by atoms with Crippen LogP contribution in [0.1, 0.15) is 19.3 Å². The molecule has 6 heteroatoms. The summed E-state index contributed by atoms with van der Waals surface area (Å²) in [4.78, 5) is 0. The van der Waals surface area contributed by atoms with E-state index in [2.05, 4.69) is 0 Å². The van der Waals surface area contributed by atoms with Gasteiger partial charge in [-0.2, -0.15) is 0 Å². The maximum atomic E-state index is 2.00. The molecule has 0 bridgehead atoms. The monoisotopic (exact) mass is 262 g/mol. The smallest absolute Gasteiger partial charge is 0.00454 e. The Labute approximate surface area is 90.9 Å². The van der Waals surface area contributed by atoms with Gasteiger partial charge in [-0.05, 0) is 52.1 Å². The van der Waals surface area contributed by atoms with Crippen LogP contribution in [0.25, 0.3) is 0 Å². The Hall–Kier alpha value is 2.10. The van der Waals surface area contributed by atoms with Crippen molar-refractivity contribution in [2.45, 2.75) is 19.3 Å². The molecule has 0 N–H and O–H groups in total. The third-order valence-corrected chi connectivity index (χ3v) is 12.2. The molecule has 1 fully saturated rings. The first-order valence-corrected chi connectivity index (χ1v) is 11.2. The first kappa shape index (κ1) is 11.2. The van der Waals surface area contributed by atoms with Crippen LogP contribution in [-0.4, -0.2) is 11.5 Å². The van der Waals surface area contributed by atoms with Gasteiger partial charge in [-0.15, -0.1) is 0 Å². The average molecular weight is 263 g/mol. The lowest BCUT2D eigenvalue weighted by Crippen LogP contribution is -1.80. The van der Waals surface area contributed by atoms with Crippen LogP contribution in [0.4, 0.5) is 0 Å². The van der Waals surface area contributed by atoms with Crippen LogP contribution in [0.3, 0.4) is 0 Å². The van der Waals surface area contributed by atoms with E-state index >= 15 is 0 Å². The van der Waals surface area contributed by atoms with Crippen LogP contribution >= 0.6 is 60.9 Å². The fourth-order valence-corrected chi connectivity index (χ4v) is 12.4. The number of rotatable bonds is 0. The lowest BCUT2D eigenvalue weighted by Gasteiger charge is -1.95. The molecule has 66 valence electrons. The van der Waals surface area contributed by atoms with Gasteiger partial charge in [0.05, 0.1) is 0 Å². The van der Waals surface area contributed by atoms with Gasteiger partial charge in [-0.3, -0.25) is 0 Å². The van der Waals surface area contributed by atoms with Crippen LogP contribution < -0.4 is 0 Å². The molecule has 0 aliphatic carbocycles. The van der Waals surface area contributed by atoms with E-state index in [0.717, 1.165) is 0 Å². The zero-order valence-electron chi connectivity index (χ0n) is 5.99. The van der Waals surface area contributed by atoms with Gasteiger partial charge in [0.15, 0.2) is 0 Å². The van der Waals surface area contributed by atoms with Gasteiger partial charge in [0.25, 0.3) is 0 Å². The quantitative estimate of drug-likeness (QED) is 0.550. The molecular weight excluding hydrogens is 252 g/mol. The fourth-order valence-electron chi connectivity index (χ4n) is 0.629. The standard InChI is InChI=1S/C5H10S6/c1-2-4-6-8-10-11-9-7-5-3-1/h1-5H2. The van der Waals surface area contributed by atoms with Gasteiger partial charge in [0, 0.05) is 11.5 Å². The second kappa shape index (κ2) is 8.69. The molecule has 0 aromatic carbocycles. The van der Waals surface area contributed by atoms with Gasteiger partial charge in [0.1, 0.15) is 0 Å². The van der Waals surface area contributed by atoms with Crippen LogP contribution in [0, 0.1) is 0 Å². The van der Waals surface area contributed by atoms with E-state index in [-0.39, 0.29) is 0 Å². The summed E-state index contributed by atoms with van der Waals surface area (Å²) in [6.45, 7) is 0. The normalized spacial score (nSPS) is 24.0. The van der Waals surface area contributed by atoms with Crippen LogP contribution in [-0.2, 0) is 0 Å². The Morgan fingerprint density at radius 1 is 0.545 bits per heavy atom. The molecule has 1 heterocycles. The first-order valence-electron chi connectivity index (χ1n) is 3.41. The Morgan fingerprint density at radius 3 is 1.64 bits per heavy atom. The van der Waals surface area contributed by atoms with E-state index in [1.165, 1.54) is 30.8 Å². The Bertz CT molecular complexity index is 49.0. The van der Waals surface area contributed by atoms with Crippen molar-refractivity contribution in [2.75, 3.05) is 11.5 Å². The third kappa shape index (κ3) is 7.19. The van der Waals surface area contributed by atoms with Crippen molar-refractivity contribution in [3.63, 3.8) is 0 Å². The van der Waals surface area contributed by atoms with Crippen molar-refractivity contribution in [2.24, 2.45) is 0 Å². The number of hydrogen-bond acceptors (Lipinski definition) is 6. The predicted molar refractivity (Wildman–Crippen MR) is 69.1 cm³/mol.